The number of allylic oxidation sites excluding steroid dienone is 2. The van der Waals surface area contributed by atoms with Gasteiger partial charge in [-0.2, -0.15) is 0 Å². The Labute approximate surface area is 119 Å². The van der Waals surface area contributed by atoms with Crippen molar-refractivity contribution in [1.82, 2.24) is 0 Å². The van der Waals surface area contributed by atoms with Gasteiger partial charge in [-0.3, -0.25) is 4.79 Å². The van der Waals surface area contributed by atoms with Crippen LogP contribution in [0.1, 0.15) is 39.0 Å². The van der Waals surface area contributed by atoms with E-state index in [1.165, 1.54) is 25.3 Å². The second-order valence-corrected chi connectivity index (χ2v) is 10.9. The van der Waals surface area contributed by atoms with E-state index in [1.807, 2.05) is 6.08 Å². The first-order valence-electron chi connectivity index (χ1n) is 7.04. The van der Waals surface area contributed by atoms with Crippen molar-refractivity contribution in [2.75, 3.05) is 0 Å². The van der Waals surface area contributed by atoms with Gasteiger partial charge in [0.05, 0.1) is 8.07 Å². The summed E-state index contributed by atoms with van der Waals surface area (Å²) in [6.45, 7) is 8.91. The van der Waals surface area contributed by atoms with Crippen LogP contribution in [-0.2, 0) is 4.79 Å². The number of hydrogen-bond donors (Lipinski definition) is 1. The molecule has 106 valence electrons. The zero-order valence-electron chi connectivity index (χ0n) is 12.8. The molecule has 0 aliphatic heterocycles. The summed E-state index contributed by atoms with van der Waals surface area (Å²) in [5.74, 6) is 5.74. The van der Waals surface area contributed by atoms with E-state index in [0.717, 1.165) is 18.4 Å². The molecule has 0 aromatic rings. The van der Waals surface area contributed by atoms with E-state index < -0.39 is 14.0 Å². The molecule has 2 N–H and O–H groups in total. The molecule has 0 radical (unpaired) electrons. The molecular formula is C16H27NOSi. The predicted octanol–water partition coefficient (Wildman–Crippen LogP) is 3.81. The van der Waals surface area contributed by atoms with Crippen LogP contribution < -0.4 is 5.73 Å². The van der Waals surface area contributed by atoms with Crippen LogP contribution in [0.4, 0.5) is 0 Å². The maximum atomic E-state index is 11.0. The predicted molar refractivity (Wildman–Crippen MR) is 86.3 cm³/mol. The third kappa shape index (κ3) is 13.0. The lowest BCUT2D eigenvalue weighted by atomic mass is 10.1. The van der Waals surface area contributed by atoms with Gasteiger partial charge in [-0.1, -0.05) is 69.4 Å². The number of hydrogen-bond acceptors (Lipinski definition) is 1. The Morgan fingerprint density at radius 3 is 2.42 bits per heavy atom. The minimum atomic E-state index is -1.28. The van der Waals surface area contributed by atoms with Crippen LogP contribution in [0.5, 0.6) is 0 Å². The van der Waals surface area contributed by atoms with Gasteiger partial charge >= 0.3 is 0 Å². The second-order valence-electron chi connectivity index (χ2n) is 5.81. The summed E-state index contributed by atoms with van der Waals surface area (Å²) in [5.41, 5.74) is 8.10. The standard InChI is InChI=1S/C16H27NOSi/c1-5-6-7-8-9-10-11-15(14-16(17)18)12-13-19(2,3)4/h12-14H,5-9H2,1-4H3,(H2,17,18)/b13-12+,15-14+. The van der Waals surface area contributed by atoms with Crippen LogP contribution in [0.25, 0.3) is 0 Å². The van der Waals surface area contributed by atoms with Gasteiger partial charge in [-0.05, 0) is 6.42 Å². The number of rotatable bonds is 7. The summed E-state index contributed by atoms with van der Waals surface area (Å²) in [6, 6.07) is 0. The summed E-state index contributed by atoms with van der Waals surface area (Å²) in [7, 11) is -1.28. The van der Waals surface area contributed by atoms with Gasteiger partial charge < -0.3 is 5.73 Å². The van der Waals surface area contributed by atoms with Crippen molar-refractivity contribution in [2.45, 2.75) is 58.7 Å². The average Bonchev–Trinajstić information content (AvgIpc) is 2.28. The Morgan fingerprint density at radius 1 is 1.21 bits per heavy atom. The van der Waals surface area contributed by atoms with Crippen molar-refractivity contribution in [3.05, 3.63) is 23.4 Å². The molecule has 0 aromatic heterocycles. The molecule has 0 saturated heterocycles. The number of unbranched alkanes of at least 4 members (excludes halogenated alkanes) is 4. The monoisotopic (exact) mass is 277 g/mol. The number of carbonyl (C=O) groups excluding carboxylic acids is 1. The molecule has 0 unspecified atom stereocenters. The lowest BCUT2D eigenvalue weighted by molar-refractivity contribution is -0.113. The summed E-state index contributed by atoms with van der Waals surface area (Å²) in [6.07, 6.45) is 9.09. The van der Waals surface area contributed by atoms with Crippen molar-refractivity contribution >= 4 is 14.0 Å². The van der Waals surface area contributed by atoms with E-state index in [2.05, 4.69) is 44.1 Å². The number of amides is 1. The third-order valence-electron chi connectivity index (χ3n) is 2.45. The highest BCUT2D eigenvalue weighted by molar-refractivity contribution is 6.81. The van der Waals surface area contributed by atoms with Crippen LogP contribution in [-0.4, -0.2) is 14.0 Å². The first-order valence-corrected chi connectivity index (χ1v) is 10.6. The first kappa shape index (κ1) is 17.7. The van der Waals surface area contributed by atoms with E-state index in [0.29, 0.717) is 0 Å². The largest absolute Gasteiger partial charge is 0.366 e. The Morgan fingerprint density at radius 2 is 1.89 bits per heavy atom. The van der Waals surface area contributed by atoms with Crippen molar-refractivity contribution in [3.8, 4) is 11.8 Å². The quantitative estimate of drug-likeness (QED) is 0.248. The van der Waals surface area contributed by atoms with E-state index >= 15 is 0 Å². The van der Waals surface area contributed by atoms with Crippen molar-refractivity contribution in [3.63, 3.8) is 0 Å². The van der Waals surface area contributed by atoms with E-state index in [-0.39, 0.29) is 0 Å². The molecular weight excluding hydrogens is 250 g/mol. The van der Waals surface area contributed by atoms with Crippen LogP contribution in [0, 0.1) is 11.8 Å². The Bertz CT molecular complexity index is 391. The van der Waals surface area contributed by atoms with Crippen molar-refractivity contribution in [2.24, 2.45) is 5.73 Å². The van der Waals surface area contributed by atoms with Gasteiger partial charge in [0.2, 0.25) is 5.91 Å². The highest BCUT2D eigenvalue weighted by Gasteiger charge is 2.06. The maximum absolute atomic E-state index is 11.0. The molecule has 0 saturated carbocycles. The molecule has 0 spiro atoms. The minimum absolute atomic E-state index is 0.435. The fourth-order valence-corrected chi connectivity index (χ4v) is 2.10. The van der Waals surface area contributed by atoms with Crippen LogP contribution >= 0.6 is 0 Å². The molecule has 1 amide bonds. The van der Waals surface area contributed by atoms with Gasteiger partial charge in [0.15, 0.2) is 0 Å². The summed E-state index contributed by atoms with van der Waals surface area (Å²) >= 11 is 0. The molecule has 0 fully saturated rings. The zero-order chi connectivity index (χ0) is 14.7. The molecule has 2 nitrogen and oxygen atoms in total. The minimum Gasteiger partial charge on any atom is -0.366 e. The topological polar surface area (TPSA) is 43.1 Å². The van der Waals surface area contributed by atoms with E-state index in [9.17, 15) is 4.79 Å². The summed E-state index contributed by atoms with van der Waals surface area (Å²) in [5, 5.41) is 0. The highest BCUT2D eigenvalue weighted by atomic mass is 28.3. The molecule has 0 aliphatic rings. The Hall–Kier alpha value is -1.27. The average molecular weight is 277 g/mol. The summed E-state index contributed by atoms with van der Waals surface area (Å²) in [4.78, 5) is 11.0. The molecule has 0 atom stereocenters. The molecule has 0 heterocycles. The van der Waals surface area contributed by atoms with Gasteiger partial charge in [0, 0.05) is 18.1 Å². The molecule has 19 heavy (non-hydrogen) atoms. The van der Waals surface area contributed by atoms with Gasteiger partial charge in [-0.25, -0.2) is 0 Å². The number of nitrogens with two attached hydrogens (primary N) is 1. The van der Waals surface area contributed by atoms with Gasteiger partial charge in [-0.15, -0.1) is 0 Å². The van der Waals surface area contributed by atoms with Gasteiger partial charge in [0.1, 0.15) is 0 Å². The van der Waals surface area contributed by atoms with Crippen LogP contribution in [0.2, 0.25) is 19.6 Å². The molecule has 0 bridgehead atoms. The normalized spacial score (nSPS) is 12.3. The fourth-order valence-electron chi connectivity index (χ4n) is 1.42. The Kier molecular flexibility index (Phi) is 8.98. The van der Waals surface area contributed by atoms with Crippen molar-refractivity contribution < 1.29 is 4.79 Å². The molecule has 0 aromatic carbocycles. The molecule has 0 rings (SSSR count). The van der Waals surface area contributed by atoms with Crippen LogP contribution in [0.3, 0.4) is 0 Å². The molecule has 0 aliphatic carbocycles. The SMILES string of the molecule is CCCCCCC#CC(=C\C(N)=O)/C=C/[Si](C)(C)C. The zero-order valence-corrected chi connectivity index (χ0v) is 13.8. The lowest BCUT2D eigenvalue weighted by Crippen LogP contribution is -2.15. The maximum Gasteiger partial charge on any atom is 0.242 e. The van der Waals surface area contributed by atoms with Crippen LogP contribution in [0.15, 0.2) is 23.4 Å². The lowest BCUT2D eigenvalue weighted by Gasteiger charge is -2.07. The van der Waals surface area contributed by atoms with E-state index in [4.69, 9.17) is 5.73 Å². The van der Waals surface area contributed by atoms with Gasteiger partial charge in [0.25, 0.3) is 0 Å². The number of carbonyl (C=O) groups is 1. The first-order chi connectivity index (χ1) is 8.85. The Balaban J connectivity index is 4.51. The van der Waals surface area contributed by atoms with Crippen molar-refractivity contribution in [1.29, 1.82) is 0 Å². The summed E-state index contributed by atoms with van der Waals surface area (Å²) < 4.78 is 0. The molecule has 3 heteroatoms. The highest BCUT2D eigenvalue weighted by Crippen LogP contribution is 2.06. The van der Waals surface area contributed by atoms with E-state index in [1.54, 1.807) is 0 Å². The fraction of sp³-hybridized carbons (Fsp3) is 0.562. The second kappa shape index (κ2) is 9.63. The third-order valence-corrected chi connectivity index (χ3v) is 3.62. The smallest absolute Gasteiger partial charge is 0.242 e. The number of primary amides is 1.